The number of halogens is 1. The van der Waals surface area contributed by atoms with Crippen LogP contribution in [0.25, 0.3) is 0 Å². The van der Waals surface area contributed by atoms with Gasteiger partial charge in [-0.3, -0.25) is 0 Å². The van der Waals surface area contributed by atoms with Crippen LogP contribution in [0.3, 0.4) is 0 Å². The van der Waals surface area contributed by atoms with E-state index in [2.05, 4.69) is 0 Å². The molecule has 3 nitrogen and oxygen atoms in total. The fraction of sp³-hybridized carbons (Fsp3) is 1.00. The molecule has 0 unspecified atom stereocenters. The van der Waals surface area contributed by atoms with Crippen LogP contribution in [0.4, 0.5) is 0 Å². The maximum atomic E-state index is 9.98. The molecule has 1 atom stereocenters. The molecule has 0 aromatic heterocycles. The van der Waals surface area contributed by atoms with Gasteiger partial charge in [-0.1, -0.05) is 12.8 Å². The van der Waals surface area contributed by atoms with Crippen molar-refractivity contribution in [3.63, 3.8) is 0 Å². The van der Waals surface area contributed by atoms with E-state index in [9.17, 15) is 5.11 Å². The summed E-state index contributed by atoms with van der Waals surface area (Å²) in [7, 11) is 0. The average molecular weight is 210 g/mol. The van der Waals surface area contributed by atoms with Gasteiger partial charge in [-0.2, -0.15) is 0 Å². The molecule has 0 aromatic carbocycles. The summed E-state index contributed by atoms with van der Waals surface area (Å²) in [6.45, 7) is 3.09. The summed E-state index contributed by atoms with van der Waals surface area (Å²) in [4.78, 5) is 0. The molecule has 0 aliphatic heterocycles. The van der Waals surface area contributed by atoms with Gasteiger partial charge in [0.1, 0.15) is 0 Å². The molecule has 1 aliphatic rings. The van der Waals surface area contributed by atoms with Gasteiger partial charge in [0, 0.05) is 6.61 Å². The molecule has 0 amide bonds. The number of hydrogen-bond donors (Lipinski definition) is 2. The van der Waals surface area contributed by atoms with Gasteiger partial charge in [-0.05, 0) is 19.8 Å². The topological polar surface area (TPSA) is 55.5 Å². The zero-order valence-corrected chi connectivity index (χ0v) is 8.98. The quantitative estimate of drug-likeness (QED) is 0.729. The SMILES string of the molecule is CCOC[C@@H](N)C1(O)CCCC1.Cl. The van der Waals surface area contributed by atoms with Crippen LogP contribution in [0, 0.1) is 0 Å². The molecule has 4 heteroatoms. The molecule has 1 saturated carbocycles. The third-order valence-corrected chi connectivity index (χ3v) is 2.66. The van der Waals surface area contributed by atoms with Crippen LogP contribution >= 0.6 is 12.4 Å². The first-order valence-corrected chi connectivity index (χ1v) is 4.75. The van der Waals surface area contributed by atoms with Gasteiger partial charge >= 0.3 is 0 Å². The van der Waals surface area contributed by atoms with Crippen molar-refractivity contribution in [2.45, 2.75) is 44.2 Å². The van der Waals surface area contributed by atoms with Gasteiger partial charge in [0.25, 0.3) is 0 Å². The highest BCUT2D eigenvalue weighted by atomic mass is 35.5. The van der Waals surface area contributed by atoms with E-state index >= 15 is 0 Å². The average Bonchev–Trinajstić information content (AvgIpc) is 2.49. The summed E-state index contributed by atoms with van der Waals surface area (Å²) in [6.07, 6.45) is 3.86. The first-order chi connectivity index (χ1) is 5.69. The number of ether oxygens (including phenoxy) is 1. The van der Waals surface area contributed by atoms with E-state index in [-0.39, 0.29) is 18.4 Å². The van der Waals surface area contributed by atoms with E-state index in [0.717, 1.165) is 25.7 Å². The first-order valence-electron chi connectivity index (χ1n) is 4.75. The van der Waals surface area contributed by atoms with Gasteiger partial charge in [-0.25, -0.2) is 0 Å². The lowest BCUT2D eigenvalue weighted by atomic mass is 9.94. The molecule has 1 rings (SSSR count). The number of hydrogen-bond acceptors (Lipinski definition) is 3. The Balaban J connectivity index is 0.00000144. The summed E-state index contributed by atoms with van der Waals surface area (Å²) < 4.78 is 5.19. The fourth-order valence-corrected chi connectivity index (χ4v) is 1.76. The van der Waals surface area contributed by atoms with Crippen molar-refractivity contribution >= 4 is 12.4 Å². The minimum Gasteiger partial charge on any atom is -0.388 e. The van der Waals surface area contributed by atoms with Crippen LogP contribution in [-0.4, -0.2) is 30.0 Å². The highest BCUT2D eigenvalue weighted by molar-refractivity contribution is 5.85. The summed E-state index contributed by atoms with van der Waals surface area (Å²) in [5.41, 5.74) is 5.18. The normalized spacial score (nSPS) is 22.4. The van der Waals surface area contributed by atoms with Gasteiger partial charge in [0.15, 0.2) is 0 Å². The van der Waals surface area contributed by atoms with Crippen molar-refractivity contribution < 1.29 is 9.84 Å². The Bertz CT molecular complexity index is 138. The molecule has 0 saturated heterocycles. The Morgan fingerprint density at radius 2 is 2.00 bits per heavy atom. The van der Waals surface area contributed by atoms with Crippen molar-refractivity contribution in [3.8, 4) is 0 Å². The minimum absolute atomic E-state index is 0. The van der Waals surface area contributed by atoms with E-state index in [1.54, 1.807) is 0 Å². The Morgan fingerprint density at radius 1 is 1.46 bits per heavy atom. The first kappa shape index (κ1) is 13.2. The Kier molecular flexibility index (Phi) is 5.88. The van der Waals surface area contributed by atoms with Crippen molar-refractivity contribution in [2.24, 2.45) is 5.73 Å². The second-order valence-corrected chi connectivity index (χ2v) is 3.58. The van der Waals surface area contributed by atoms with Crippen molar-refractivity contribution in [3.05, 3.63) is 0 Å². The maximum absolute atomic E-state index is 9.98. The predicted octanol–water partition coefficient (Wildman–Crippen LogP) is 1.08. The molecular formula is C9H20ClNO2. The third-order valence-electron chi connectivity index (χ3n) is 2.66. The summed E-state index contributed by atoms with van der Waals surface area (Å²) in [6, 6.07) is -0.208. The third kappa shape index (κ3) is 3.43. The predicted molar refractivity (Wildman–Crippen MR) is 55.1 cm³/mol. The molecule has 0 heterocycles. The molecule has 0 bridgehead atoms. The van der Waals surface area contributed by atoms with Crippen LogP contribution < -0.4 is 5.73 Å². The molecule has 0 spiro atoms. The lowest BCUT2D eigenvalue weighted by Crippen LogP contribution is -2.48. The maximum Gasteiger partial charge on any atom is 0.0820 e. The lowest BCUT2D eigenvalue weighted by Gasteiger charge is -2.29. The van der Waals surface area contributed by atoms with Gasteiger partial charge in [0.2, 0.25) is 0 Å². The number of aliphatic hydroxyl groups is 1. The second kappa shape index (κ2) is 5.81. The largest absolute Gasteiger partial charge is 0.388 e. The van der Waals surface area contributed by atoms with Crippen LogP contribution in [0.1, 0.15) is 32.6 Å². The molecular weight excluding hydrogens is 190 g/mol. The molecule has 1 fully saturated rings. The van der Waals surface area contributed by atoms with E-state index < -0.39 is 5.60 Å². The molecule has 3 N–H and O–H groups in total. The summed E-state index contributed by atoms with van der Waals surface area (Å²) >= 11 is 0. The van der Waals surface area contributed by atoms with E-state index in [1.165, 1.54) is 0 Å². The lowest BCUT2D eigenvalue weighted by molar-refractivity contribution is -0.0123. The van der Waals surface area contributed by atoms with Crippen LogP contribution in [0.2, 0.25) is 0 Å². The van der Waals surface area contributed by atoms with Crippen molar-refractivity contribution in [1.82, 2.24) is 0 Å². The van der Waals surface area contributed by atoms with E-state index in [4.69, 9.17) is 10.5 Å². The van der Waals surface area contributed by atoms with Crippen molar-refractivity contribution in [2.75, 3.05) is 13.2 Å². The monoisotopic (exact) mass is 209 g/mol. The Morgan fingerprint density at radius 3 is 2.46 bits per heavy atom. The molecule has 1 aliphatic carbocycles. The zero-order valence-electron chi connectivity index (χ0n) is 8.16. The molecule has 13 heavy (non-hydrogen) atoms. The summed E-state index contributed by atoms with van der Waals surface area (Å²) in [5.74, 6) is 0. The molecule has 80 valence electrons. The van der Waals surface area contributed by atoms with Crippen molar-refractivity contribution in [1.29, 1.82) is 0 Å². The molecule has 0 aromatic rings. The summed E-state index contributed by atoms with van der Waals surface area (Å²) in [5, 5.41) is 9.98. The van der Waals surface area contributed by atoms with E-state index in [0.29, 0.717) is 13.2 Å². The van der Waals surface area contributed by atoms with Gasteiger partial charge in [-0.15, -0.1) is 12.4 Å². The van der Waals surface area contributed by atoms with Gasteiger partial charge < -0.3 is 15.6 Å². The van der Waals surface area contributed by atoms with Gasteiger partial charge in [0.05, 0.1) is 18.2 Å². The number of rotatable bonds is 4. The smallest absolute Gasteiger partial charge is 0.0820 e. The van der Waals surface area contributed by atoms with E-state index in [1.807, 2.05) is 6.92 Å². The minimum atomic E-state index is -0.644. The number of nitrogens with two attached hydrogens (primary N) is 1. The Hall–Kier alpha value is 0.170. The zero-order chi connectivity index (χ0) is 9.03. The standard InChI is InChI=1S/C9H19NO2.ClH/c1-2-12-7-8(10)9(11)5-3-4-6-9;/h8,11H,2-7,10H2,1H3;1H/t8-;/m1./s1. The second-order valence-electron chi connectivity index (χ2n) is 3.58. The fourth-order valence-electron chi connectivity index (χ4n) is 1.76. The van der Waals surface area contributed by atoms with Crippen LogP contribution in [0.15, 0.2) is 0 Å². The molecule has 0 radical (unpaired) electrons. The highest BCUT2D eigenvalue weighted by Gasteiger charge is 2.37. The highest BCUT2D eigenvalue weighted by Crippen LogP contribution is 2.31. The van der Waals surface area contributed by atoms with Crippen LogP contribution in [-0.2, 0) is 4.74 Å². The van der Waals surface area contributed by atoms with Crippen LogP contribution in [0.5, 0.6) is 0 Å². The Labute approximate surface area is 86.1 Å².